The van der Waals surface area contributed by atoms with Crippen molar-refractivity contribution in [2.75, 3.05) is 19.7 Å². The molecule has 0 saturated carbocycles. The molecule has 0 unspecified atom stereocenters. The maximum Gasteiger partial charge on any atom is 0.412 e. The van der Waals surface area contributed by atoms with Gasteiger partial charge in [0, 0.05) is 5.41 Å². The molecule has 0 radical (unpaired) electrons. The van der Waals surface area contributed by atoms with Crippen LogP contribution in [0.5, 0.6) is 0 Å². The molecule has 7 heteroatoms. The molecule has 1 aliphatic rings. The highest BCUT2D eigenvalue weighted by molar-refractivity contribution is 5.89. The highest BCUT2D eigenvalue weighted by Crippen LogP contribution is 2.32. The lowest BCUT2D eigenvalue weighted by molar-refractivity contribution is -0.150. The van der Waals surface area contributed by atoms with E-state index in [1.54, 1.807) is 27.7 Å². The fraction of sp³-hybridized carbons (Fsp3) is 0.812. The minimum absolute atomic E-state index is 0.101. The second kappa shape index (κ2) is 6.76. The number of carbonyl (C=O) groups excluding carboxylic acids is 3. The Bertz CT molecular complexity index is 476. The van der Waals surface area contributed by atoms with E-state index in [4.69, 9.17) is 9.47 Å². The minimum Gasteiger partial charge on any atom is -0.465 e. The van der Waals surface area contributed by atoms with Gasteiger partial charge in [-0.2, -0.15) is 0 Å². The van der Waals surface area contributed by atoms with Crippen LogP contribution < -0.4 is 0 Å². The summed E-state index contributed by atoms with van der Waals surface area (Å²) in [5.41, 5.74) is -1.09. The topological polar surface area (TPSA) is 76.2 Å². The monoisotopic (exact) mass is 328 g/mol. The Hall–Kier alpha value is -1.79. The zero-order valence-corrected chi connectivity index (χ0v) is 15.1. The van der Waals surface area contributed by atoms with Crippen molar-refractivity contribution in [1.29, 1.82) is 0 Å². The SMILES string of the molecule is CCOC(=O)CN1C(=O)CN(C(=O)OC(C)(C)C)[C@H]1C(C)(C)C. The summed E-state index contributed by atoms with van der Waals surface area (Å²) in [6.07, 6.45) is -1.12. The summed E-state index contributed by atoms with van der Waals surface area (Å²) in [5, 5.41) is 0. The van der Waals surface area contributed by atoms with Gasteiger partial charge in [-0.1, -0.05) is 20.8 Å². The molecule has 1 heterocycles. The molecule has 1 fully saturated rings. The average Bonchev–Trinajstić information content (AvgIpc) is 2.64. The molecule has 0 aromatic heterocycles. The van der Waals surface area contributed by atoms with Crippen molar-refractivity contribution in [3.63, 3.8) is 0 Å². The third-order valence-corrected chi connectivity index (χ3v) is 3.22. The number of esters is 1. The van der Waals surface area contributed by atoms with Crippen molar-refractivity contribution >= 4 is 18.0 Å². The number of hydrogen-bond donors (Lipinski definition) is 0. The molecule has 0 spiro atoms. The summed E-state index contributed by atoms with van der Waals surface area (Å²) in [5.74, 6) is -0.773. The van der Waals surface area contributed by atoms with Gasteiger partial charge in [0.25, 0.3) is 0 Å². The molecule has 7 nitrogen and oxygen atoms in total. The Morgan fingerprint density at radius 2 is 1.74 bits per heavy atom. The Labute approximate surface area is 137 Å². The molecule has 1 rings (SSSR count). The molecule has 1 saturated heterocycles. The van der Waals surface area contributed by atoms with Crippen LogP contribution in [-0.2, 0) is 19.1 Å². The normalized spacial score (nSPS) is 19.1. The predicted octanol–water partition coefficient (Wildman–Crippen LogP) is 2.00. The van der Waals surface area contributed by atoms with Gasteiger partial charge in [-0.25, -0.2) is 4.79 Å². The smallest absolute Gasteiger partial charge is 0.412 e. The van der Waals surface area contributed by atoms with Crippen LogP contribution in [0.25, 0.3) is 0 Å². The number of ether oxygens (including phenoxy) is 2. The van der Waals surface area contributed by atoms with Crippen LogP contribution in [0.4, 0.5) is 4.79 Å². The summed E-state index contributed by atoms with van der Waals surface area (Å²) in [6.45, 7) is 12.7. The summed E-state index contributed by atoms with van der Waals surface area (Å²) in [4.78, 5) is 39.3. The maximum absolute atomic E-state index is 12.4. The lowest BCUT2D eigenvalue weighted by Crippen LogP contribution is -2.52. The maximum atomic E-state index is 12.4. The van der Waals surface area contributed by atoms with Crippen molar-refractivity contribution in [1.82, 2.24) is 9.80 Å². The van der Waals surface area contributed by atoms with Gasteiger partial charge in [-0.05, 0) is 27.7 Å². The van der Waals surface area contributed by atoms with E-state index in [-0.39, 0.29) is 25.6 Å². The van der Waals surface area contributed by atoms with Crippen LogP contribution in [0.15, 0.2) is 0 Å². The van der Waals surface area contributed by atoms with E-state index in [0.717, 1.165) is 0 Å². The molecule has 132 valence electrons. The van der Waals surface area contributed by atoms with Gasteiger partial charge in [0.15, 0.2) is 0 Å². The Kier molecular flexibility index (Phi) is 5.66. The fourth-order valence-electron chi connectivity index (χ4n) is 2.57. The van der Waals surface area contributed by atoms with E-state index in [9.17, 15) is 14.4 Å². The third kappa shape index (κ3) is 5.11. The van der Waals surface area contributed by atoms with Crippen molar-refractivity contribution < 1.29 is 23.9 Å². The Morgan fingerprint density at radius 3 is 2.17 bits per heavy atom. The molecule has 1 atom stereocenters. The van der Waals surface area contributed by atoms with Crippen LogP contribution >= 0.6 is 0 Å². The molecule has 1 aliphatic heterocycles. The van der Waals surface area contributed by atoms with Crippen molar-refractivity contribution in [3.8, 4) is 0 Å². The molecular weight excluding hydrogens is 300 g/mol. The third-order valence-electron chi connectivity index (χ3n) is 3.22. The van der Waals surface area contributed by atoms with Gasteiger partial charge in [0.2, 0.25) is 5.91 Å². The molecule has 0 aromatic rings. The van der Waals surface area contributed by atoms with Crippen molar-refractivity contribution in [3.05, 3.63) is 0 Å². The first-order valence-corrected chi connectivity index (χ1v) is 7.81. The van der Waals surface area contributed by atoms with Crippen LogP contribution in [-0.4, -0.2) is 59.2 Å². The highest BCUT2D eigenvalue weighted by Gasteiger charge is 2.48. The van der Waals surface area contributed by atoms with E-state index in [0.29, 0.717) is 0 Å². The van der Waals surface area contributed by atoms with Gasteiger partial charge < -0.3 is 14.4 Å². The van der Waals surface area contributed by atoms with Gasteiger partial charge in [-0.3, -0.25) is 14.5 Å². The lowest BCUT2D eigenvalue weighted by Gasteiger charge is -2.39. The van der Waals surface area contributed by atoms with Crippen molar-refractivity contribution in [2.45, 2.75) is 60.2 Å². The summed E-state index contributed by atoms with van der Waals surface area (Å²) >= 11 is 0. The largest absolute Gasteiger partial charge is 0.465 e. The molecule has 2 amide bonds. The number of hydrogen-bond acceptors (Lipinski definition) is 5. The van der Waals surface area contributed by atoms with E-state index in [1.165, 1.54) is 9.80 Å². The van der Waals surface area contributed by atoms with Crippen molar-refractivity contribution in [2.24, 2.45) is 5.41 Å². The fourth-order valence-corrected chi connectivity index (χ4v) is 2.57. The first kappa shape index (κ1) is 19.3. The first-order chi connectivity index (χ1) is 10.4. The number of amides is 2. The number of nitrogens with zero attached hydrogens (tertiary/aromatic N) is 2. The standard InChI is InChI=1S/C16H28N2O5/c1-8-22-12(20)10-17-11(19)9-18(13(17)15(2,3)4)14(21)23-16(5,6)7/h13H,8-10H2,1-7H3/t13-/m0/s1. The molecule has 0 bridgehead atoms. The van der Waals surface area contributed by atoms with Crippen LogP contribution in [0.2, 0.25) is 0 Å². The highest BCUT2D eigenvalue weighted by atomic mass is 16.6. The van der Waals surface area contributed by atoms with Crippen LogP contribution in [0, 0.1) is 5.41 Å². The van der Waals surface area contributed by atoms with E-state index in [2.05, 4.69) is 0 Å². The molecule has 0 aliphatic carbocycles. The van der Waals surface area contributed by atoms with E-state index in [1.807, 2.05) is 20.8 Å². The Balaban J connectivity index is 3.02. The number of rotatable bonds is 3. The van der Waals surface area contributed by atoms with Crippen LogP contribution in [0.1, 0.15) is 48.5 Å². The van der Waals surface area contributed by atoms with Gasteiger partial charge in [0.05, 0.1) is 6.61 Å². The molecule has 23 heavy (non-hydrogen) atoms. The van der Waals surface area contributed by atoms with Gasteiger partial charge in [-0.15, -0.1) is 0 Å². The van der Waals surface area contributed by atoms with Crippen LogP contribution in [0.3, 0.4) is 0 Å². The molecule has 0 N–H and O–H groups in total. The Morgan fingerprint density at radius 1 is 1.17 bits per heavy atom. The summed E-state index contributed by atoms with van der Waals surface area (Å²) in [7, 11) is 0. The molecule has 0 aromatic carbocycles. The predicted molar refractivity (Wildman–Crippen MR) is 84.5 cm³/mol. The zero-order valence-electron chi connectivity index (χ0n) is 15.1. The summed E-state index contributed by atoms with van der Waals surface area (Å²) in [6, 6.07) is 0. The van der Waals surface area contributed by atoms with Gasteiger partial charge >= 0.3 is 12.1 Å². The van der Waals surface area contributed by atoms with Gasteiger partial charge in [0.1, 0.15) is 24.9 Å². The average molecular weight is 328 g/mol. The lowest BCUT2D eigenvalue weighted by atomic mass is 9.91. The number of carbonyl (C=O) groups is 3. The van der Waals surface area contributed by atoms with E-state index >= 15 is 0 Å². The zero-order chi connectivity index (χ0) is 18.0. The second-order valence-corrected chi connectivity index (χ2v) is 7.67. The quantitative estimate of drug-likeness (QED) is 0.741. The second-order valence-electron chi connectivity index (χ2n) is 7.67. The minimum atomic E-state index is -0.656. The molecular formula is C16H28N2O5. The summed E-state index contributed by atoms with van der Waals surface area (Å²) < 4.78 is 10.3. The van der Waals surface area contributed by atoms with E-state index < -0.39 is 29.2 Å². The first-order valence-electron chi connectivity index (χ1n) is 7.81.